The Morgan fingerprint density at radius 1 is 1.29 bits per heavy atom. The third kappa shape index (κ3) is 4.26. The molecule has 1 N–H and O–H groups in total. The average molecular weight is 257 g/mol. The molecule has 0 bridgehead atoms. The molecule has 0 amide bonds. The largest absolute Gasteiger partial charge is 0.492 e. The Morgan fingerprint density at radius 2 is 2.00 bits per heavy atom. The SMILES string of the molecule is CCCS(=O)(=O)Nc1ccc(C)cc1OCC. The van der Waals surface area contributed by atoms with Crippen molar-refractivity contribution in [1.29, 1.82) is 0 Å². The molecule has 5 heteroatoms. The van der Waals surface area contributed by atoms with Crippen LogP contribution in [0.1, 0.15) is 25.8 Å². The van der Waals surface area contributed by atoms with E-state index in [1.54, 1.807) is 6.07 Å². The molecule has 0 saturated heterocycles. The maximum atomic E-state index is 11.7. The van der Waals surface area contributed by atoms with Crippen molar-refractivity contribution in [2.75, 3.05) is 17.1 Å². The van der Waals surface area contributed by atoms with Crippen molar-refractivity contribution in [1.82, 2.24) is 0 Å². The second-order valence-electron chi connectivity index (χ2n) is 3.85. The summed E-state index contributed by atoms with van der Waals surface area (Å²) in [6, 6.07) is 5.41. The number of benzene rings is 1. The summed E-state index contributed by atoms with van der Waals surface area (Å²) in [5, 5.41) is 0. The van der Waals surface area contributed by atoms with Gasteiger partial charge < -0.3 is 4.74 Å². The van der Waals surface area contributed by atoms with Gasteiger partial charge >= 0.3 is 0 Å². The number of rotatable bonds is 6. The summed E-state index contributed by atoms with van der Waals surface area (Å²) >= 11 is 0. The highest BCUT2D eigenvalue weighted by atomic mass is 32.2. The first-order valence-electron chi connectivity index (χ1n) is 5.72. The van der Waals surface area contributed by atoms with Gasteiger partial charge in [0.05, 0.1) is 18.0 Å². The molecule has 1 aromatic rings. The number of nitrogens with one attached hydrogen (secondary N) is 1. The average Bonchev–Trinajstić information content (AvgIpc) is 2.22. The summed E-state index contributed by atoms with van der Waals surface area (Å²) in [6.45, 7) is 6.14. The zero-order chi connectivity index (χ0) is 12.9. The maximum Gasteiger partial charge on any atom is 0.232 e. The first kappa shape index (κ1) is 13.8. The van der Waals surface area contributed by atoms with Crippen LogP contribution < -0.4 is 9.46 Å². The van der Waals surface area contributed by atoms with Crippen molar-refractivity contribution in [2.24, 2.45) is 0 Å². The summed E-state index contributed by atoms with van der Waals surface area (Å²) in [5.41, 5.74) is 1.54. The molecule has 0 aliphatic carbocycles. The normalized spacial score (nSPS) is 11.2. The molecule has 0 atom stereocenters. The van der Waals surface area contributed by atoms with Crippen molar-refractivity contribution < 1.29 is 13.2 Å². The standard InChI is InChI=1S/C12H19NO3S/c1-4-8-17(14,15)13-11-7-6-10(3)9-12(11)16-5-2/h6-7,9,13H,4-5,8H2,1-3H3. The lowest BCUT2D eigenvalue weighted by molar-refractivity contribution is 0.342. The van der Waals surface area contributed by atoms with Crippen LogP contribution in [0.4, 0.5) is 5.69 Å². The fourth-order valence-corrected chi connectivity index (χ4v) is 2.62. The van der Waals surface area contributed by atoms with Crippen LogP contribution in [0.5, 0.6) is 5.75 Å². The topological polar surface area (TPSA) is 55.4 Å². The molecular weight excluding hydrogens is 238 g/mol. The van der Waals surface area contributed by atoms with Gasteiger partial charge in [-0.15, -0.1) is 0 Å². The van der Waals surface area contributed by atoms with Gasteiger partial charge in [0.25, 0.3) is 0 Å². The van der Waals surface area contributed by atoms with Gasteiger partial charge in [-0.2, -0.15) is 0 Å². The van der Waals surface area contributed by atoms with Crippen LogP contribution in [-0.4, -0.2) is 20.8 Å². The van der Waals surface area contributed by atoms with E-state index in [0.717, 1.165) is 5.56 Å². The van der Waals surface area contributed by atoms with Crippen LogP contribution in [0.15, 0.2) is 18.2 Å². The summed E-state index contributed by atoms with van der Waals surface area (Å²) in [7, 11) is -3.27. The Balaban J connectivity index is 2.97. The lowest BCUT2D eigenvalue weighted by atomic mass is 10.2. The van der Waals surface area contributed by atoms with E-state index in [-0.39, 0.29) is 5.75 Å². The lowest BCUT2D eigenvalue weighted by Crippen LogP contribution is -2.16. The molecule has 4 nitrogen and oxygen atoms in total. The molecule has 0 aliphatic heterocycles. The molecular formula is C12H19NO3S. The van der Waals surface area contributed by atoms with Gasteiger partial charge in [0.15, 0.2) is 0 Å². The molecule has 0 heterocycles. The van der Waals surface area contributed by atoms with Crippen LogP contribution >= 0.6 is 0 Å². The van der Waals surface area contributed by atoms with Gasteiger partial charge in [-0.1, -0.05) is 13.0 Å². The monoisotopic (exact) mass is 257 g/mol. The molecule has 0 radical (unpaired) electrons. The first-order chi connectivity index (χ1) is 7.98. The van der Waals surface area contributed by atoms with E-state index in [2.05, 4.69) is 4.72 Å². The summed E-state index contributed by atoms with van der Waals surface area (Å²) in [4.78, 5) is 0. The summed E-state index contributed by atoms with van der Waals surface area (Å²) in [6.07, 6.45) is 0.588. The minimum atomic E-state index is -3.27. The van der Waals surface area contributed by atoms with Gasteiger partial charge in [-0.05, 0) is 38.0 Å². The fourth-order valence-electron chi connectivity index (χ4n) is 1.48. The first-order valence-corrected chi connectivity index (χ1v) is 7.37. The van der Waals surface area contributed by atoms with Crippen LogP contribution in [0.3, 0.4) is 0 Å². The van der Waals surface area contributed by atoms with Crippen molar-refractivity contribution in [3.8, 4) is 5.75 Å². The molecule has 0 aliphatic rings. The quantitative estimate of drug-likeness (QED) is 0.852. The number of hydrogen-bond donors (Lipinski definition) is 1. The van der Waals surface area contributed by atoms with Gasteiger partial charge in [0.2, 0.25) is 10.0 Å². The molecule has 1 aromatic carbocycles. The van der Waals surface area contributed by atoms with Gasteiger partial charge in [0, 0.05) is 0 Å². The molecule has 0 saturated carbocycles. The Labute approximate surface area is 103 Å². The highest BCUT2D eigenvalue weighted by molar-refractivity contribution is 7.92. The number of hydrogen-bond acceptors (Lipinski definition) is 3. The van der Waals surface area contributed by atoms with E-state index >= 15 is 0 Å². The number of anilines is 1. The maximum absolute atomic E-state index is 11.7. The summed E-state index contributed by atoms with van der Waals surface area (Å²) in [5.74, 6) is 0.694. The van der Waals surface area contributed by atoms with Crippen molar-refractivity contribution in [2.45, 2.75) is 27.2 Å². The third-order valence-corrected chi connectivity index (χ3v) is 3.65. The number of sulfonamides is 1. The lowest BCUT2D eigenvalue weighted by Gasteiger charge is -2.13. The zero-order valence-corrected chi connectivity index (χ0v) is 11.3. The van der Waals surface area contributed by atoms with Crippen LogP contribution in [0.2, 0.25) is 0 Å². The van der Waals surface area contributed by atoms with Crippen LogP contribution in [0.25, 0.3) is 0 Å². The second kappa shape index (κ2) is 5.91. The molecule has 0 unspecified atom stereocenters. The smallest absolute Gasteiger partial charge is 0.232 e. The van der Waals surface area contributed by atoms with E-state index < -0.39 is 10.0 Å². The van der Waals surface area contributed by atoms with Crippen LogP contribution in [0, 0.1) is 6.92 Å². The highest BCUT2D eigenvalue weighted by Crippen LogP contribution is 2.26. The Kier molecular flexibility index (Phi) is 4.81. The number of aryl methyl sites for hydroxylation is 1. The highest BCUT2D eigenvalue weighted by Gasteiger charge is 2.12. The van der Waals surface area contributed by atoms with Crippen LogP contribution in [-0.2, 0) is 10.0 Å². The van der Waals surface area contributed by atoms with E-state index in [4.69, 9.17) is 4.74 Å². The van der Waals surface area contributed by atoms with Crippen molar-refractivity contribution in [3.05, 3.63) is 23.8 Å². The fraction of sp³-hybridized carbons (Fsp3) is 0.500. The minimum absolute atomic E-state index is 0.118. The van der Waals surface area contributed by atoms with Gasteiger partial charge in [-0.25, -0.2) is 8.42 Å². The van der Waals surface area contributed by atoms with E-state index in [1.807, 2.05) is 32.9 Å². The third-order valence-electron chi connectivity index (χ3n) is 2.18. The predicted octanol–water partition coefficient (Wildman–Crippen LogP) is 2.55. The van der Waals surface area contributed by atoms with E-state index in [1.165, 1.54) is 0 Å². The summed E-state index contributed by atoms with van der Waals surface area (Å²) < 4.78 is 31.3. The minimum Gasteiger partial charge on any atom is -0.492 e. The number of ether oxygens (including phenoxy) is 1. The molecule has 17 heavy (non-hydrogen) atoms. The second-order valence-corrected chi connectivity index (χ2v) is 5.70. The predicted molar refractivity (Wildman–Crippen MR) is 70.0 cm³/mol. The Bertz CT molecular complexity index is 469. The Morgan fingerprint density at radius 3 is 2.59 bits per heavy atom. The van der Waals surface area contributed by atoms with Gasteiger partial charge in [0.1, 0.15) is 5.75 Å². The van der Waals surface area contributed by atoms with Gasteiger partial charge in [-0.3, -0.25) is 4.72 Å². The van der Waals surface area contributed by atoms with E-state index in [0.29, 0.717) is 24.5 Å². The Hall–Kier alpha value is -1.23. The van der Waals surface area contributed by atoms with Crippen molar-refractivity contribution in [3.63, 3.8) is 0 Å². The molecule has 0 fully saturated rings. The van der Waals surface area contributed by atoms with Crippen molar-refractivity contribution >= 4 is 15.7 Å². The molecule has 96 valence electrons. The van der Waals surface area contributed by atoms with E-state index in [9.17, 15) is 8.42 Å². The molecule has 0 spiro atoms. The molecule has 1 rings (SSSR count). The zero-order valence-electron chi connectivity index (χ0n) is 10.5. The molecule has 0 aromatic heterocycles.